The van der Waals surface area contributed by atoms with Crippen molar-refractivity contribution in [1.82, 2.24) is 10.2 Å². The van der Waals surface area contributed by atoms with Gasteiger partial charge in [-0.3, -0.25) is 14.4 Å². The Morgan fingerprint density at radius 2 is 1.79 bits per heavy atom. The lowest BCUT2D eigenvalue weighted by Gasteiger charge is -2.17. The highest BCUT2D eigenvalue weighted by Gasteiger charge is 2.10. The van der Waals surface area contributed by atoms with Crippen molar-refractivity contribution in [3.8, 4) is 0 Å². The van der Waals surface area contributed by atoms with E-state index in [1.165, 1.54) is 6.92 Å². The lowest BCUT2D eigenvalue weighted by molar-refractivity contribution is -0.129. The van der Waals surface area contributed by atoms with Gasteiger partial charge in [-0.05, 0) is 42.3 Å². The Bertz CT molecular complexity index is 837. The van der Waals surface area contributed by atoms with Gasteiger partial charge in [0.25, 0.3) is 5.91 Å². The summed E-state index contributed by atoms with van der Waals surface area (Å²) in [6.45, 7) is 2.61. The van der Waals surface area contributed by atoms with Gasteiger partial charge in [0.2, 0.25) is 11.8 Å². The van der Waals surface area contributed by atoms with E-state index in [2.05, 4.69) is 26.6 Å². The highest BCUT2D eigenvalue weighted by atomic mass is 79.9. The second-order valence-corrected chi connectivity index (χ2v) is 7.41. The number of benzene rings is 2. The summed E-state index contributed by atoms with van der Waals surface area (Å²) in [6.07, 6.45) is 0.999. The summed E-state index contributed by atoms with van der Waals surface area (Å²) in [5.41, 5.74) is 2.11. The van der Waals surface area contributed by atoms with Crippen molar-refractivity contribution >= 4 is 39.3 Å². The number of halogens is 1. The zero-order chi connectivity index (χ0) is 20.5. The molecule has 0 radical (unpaired) electrons. The van der Waals surface area contributed by atoms with Crippen molar-refractivity contribution in [1.29, 1.82) is 0 Å². The molecule has 0 fully saturated rings. The van der Waals surface area contributed by atoms with Gasteiger partial charge in [0, 0.05) is 42.8 Å². The molecule has 0 spiro atoms. The minimum atomic E-state index is -0.191. The second-order valence-electron chi connectivity index (χ2n) is 6.49. The number of hydrogen-bond acceptors (Lipinski definition) is 3. The third-order valence-electron chi connectivity index (χ3n) is 4.12. The van der Waals surface area contributed by atoms with Crippen LogP contribution < -0.4 is 10.6 Å². The van der Waals surface area contributed by atoms with Crippen LogP contribution in [0.3, 0.4) is 0 Å². The van der Waals surface area contributed by atoms with Crippen molar-refractivity contribution in [3.05, 3.63) is 64.1 Å². The summed E-state index contributed by atoms with van der Waals surface area (Å²) in [4.78, 5) is 37.0. The first kappa shape index (κ1) is 21.6. The fraction of sp³-hybridized carbons (Fsp3) is 0.286. The molecule has 2 N–H and O–H groups in total. The molecule has 0 aromatic heterocycles. The maximum Gasteiger partial charge on any atom is 0.255 e. The highest BCUT2D eigenvalue weighted by molar-refractivity contribution is 9.10. The predicted octanol–water partition coefficient (Wildman–Crippen LogP) is 3.23. The van der Waals surface area contributed by atoms with Crippen LogP contribution in [0.4, 0.5) is 5.69 Å². The molecule has 148 valence electrons. The second kappa shape index (κ2) is 10.6. The van der Waals surface area contributed by atoms with E-state index in [-0.39, 0.29) is 24.1 Å². The van der Waals surface area contributed by atoms with E-state index < -0.39 is 0 Å². The van der Waals surface area contributed by atoms with E-state index in [9.17, 15) is 14.4 Å². The van der Waals surface area contributed by atoms with Gasteiger partial charge in [-0.1, -0.05) is 34.1 Å². The molecule has 2 aromatic rings. The molecule has 0 unspecified atom stereocenters. The molecular weight excluding hydrogens is 422 g/mol. The number of carbonyl (C=O) groups is 3. The summed E-state index contributed by atoms with van der Waals surface area (Å²) >= 11 is 3.35. The molecule has 2 aromatic carbocycles. The maximum absolute atomic E-state index is 12.3. The van der Waals surface area contributed by atoms with Gasteiger partial charge in [0.15, 0.2) is 0 Å². The number of rotatable bonds is 8. The normalized spacial score (nSPS) is 10.2. The Hall–Kier alpha value is -2.67. The topological polar surface area (TPSA) is 78.5 Å². The number of amides is 3. The zero-order valence-corrected chi connectivity index (χ0v) is 17.6. The van der Waals surface area contributed by atoms with Gasteiger partial charge in [-0.2, -0.15) is 0 Å². The van der Waals surface area contributed by atoms with Crippen molar-refractivity contribution in [3.63, 3.8) is 0 Å². The molecule has 0 bridgehead atoms. The van der Waals surface area contributed by atoms with E-state index in [1.54, 1.807) is 42.3 Å². The highest BCUT2D eigenvalue weighted by Crippen LogP contribution is 2.15. The van der Waals surface area contributed by atoms with Crippen molar-refractivity contribution < 1.29 is 14.4 Å². The Morgan fingerprint density at radius 3 is 2.43 bits per heavy atom. The van der Waals surface area contributed by atoms with Crippen LogP contribution in [-0.2, 0) is 16.0 Å². The number of likely N-dealkylation sites (N-methyl/N-ethyl adjacent to an activating group) is 1. The van der Waals surface area contributed by atoms with Crippen molar-refractivity contribution in [2.24, 2.45) is 0 Å². The zero-order valence-electron chi connectivity index (χ0n) is 16.0. The predicted molar refractivity (Wildman–Crippen MR) is 113 cm³/mol. The number of carbonyl (C=O) groups excluding carboxylic acids is 3. The SMILES string of the molecule is CC(=O)NCCCN(C)C(=O)Cc1ccc(NC(=O)c2cccc(Br)c2)cc1. The Kier molecular flexibility index (Phi) is 8.19. The van der Waals surface area contributed by atoms with E-state index >= 15 is 0 Å². The molecule has 28 heavy (non-hydrogen) atoms. The third kappa shape index (κ3) is 7.15. The Labute approximate surface area is 173 Å². The van der Waals surface area contributed by atoms with Crippen LogP contribution in [0.25, 0.3) is 0 Å². The number of nitrogens with one attached hydrogen (secondary N) is 2. The van der Waals surface area contributed by atoms with Gasteiger partial charge in [-0.25, -0.2) is 0 Å². The first-order chi connectivity index (χ1) is 13.3. The smallest absolute Gasteiger partial charge is 0.255 e. The summed E-state index contributed by atoms with van der Waals surface area (Å²) < 4.78 is 0.843. The standard InChI is InChI=1S/C21H24BrN3O3/c1-15(26)23-11-4-12-25(2)20(27)13-16-7-9-19(10-8-16)24-21(28)17-5-3-6-18(22)14-17/h3,5-10,14H,4,11-13H2,1-2H3,(H,23,26)(H,24,28). The lowest BCUT2D eigenvalue weighted by atomic mass is 10.1. The molecule has 0 saturated heterocycles. The number of anilines is 1. The molecule has 2 rings (SSSR count). The van der Waals surface area contributed by atoms with Gasteiger partial charge < -0.3 is 15.5 Å². The molecule has 0 atom stereocenters. The van der Waals surface area contributed by atoms with E-state index in [1.807, 2.05) is 18.2 Å². The Balaban J connectivity index is 1.84. The molecular formula is C21H24BrN3O3. The minimum absolute atomic E-state index is 0.00810. The van der Waals surface area contributed by atoms with E-state index in [0.717, 1.165) is 10.0 Å². The van der Waals surface area contributed by atoms with Gasteiger partial charge in [0.1, 0.15) is 0 Å². The third-order valence-corrected chi connectivity index (χ3v) is 4.62. The monoisotopic (exact) mass is 445 g/mol. The summed E-state index contributed by atoms with van der Waals surface area (Å²) in [5, 5.41) is 5.55. The molecule has 0 heterocycles. The van der Waals surface area contributed by atoms with Gasteiger partial charge in [0.05, 0.1) is 6.42 Å². The van der Waals surface area contributed by atoms with Crippen LogP contribution >= 0.6 is 15.9 Å². The van der Waals surface area contributed by atoms with Crippen LogP contribution in [0.2, 0.25) is 0 Å². The van der Waals surface area contributed by atoms with Crippen LogP contribution in [-0.4, -0.2) is 42.8 Å². The fourth-order valence-corrected chi connectivity index (χ4v) is 2.95. The van der Waals surface area contributed by atoms with Crippen molar-refractivity contribution in [2.45, 2.75) is 19.8 Å². The van der Waals surface area contributed by atoms with E-state index in [0.29, 0.717) is 30.8 Å². The first-order valence-electron chi connectivity index (χ1n) is 8.99. The van der Waals surface area contributed by atoms with Crippen LogP contribution in [0.1, 0.15) is 29.3 Å². The lowest BCUT2D eigenvalue weighted by Crippen LogP contribution is -2.31. The van der Waals surface area contributed by atoms with Crippen molar-refractivity contribution in [2.75, 3.05) is 25.5 Å². The average molecular weight is 446 g/mol. The molecule has 6 nitrogen and oxygen atoms in total. The fourth-order valence-electron chi connectivity index (χ4n) is 2.55. The summed E-state index contributed by atoms with van der Waals surface area (Å²) in [7, 11) is 1.75. The number of hydrogen-bond donors (Lipinski definition) is 2. The molecule has 0 aliphatic rings. The van der Waals surface area contributed by atoms with Gasteiger partial charge >= 0.3 is 0 Å². The van der Waals surface area contributed by atoms with Crippen LogP contribution in [0, 0.1) is 0 Å². The average Bonchev–Trinajstić information content (AvgIpc) is 2.66. The van der Waals surface area contributed by atoms with Crippen LogP contribution in [0.15, 0.2) is 53.0 Å². The Morgan fingerprint density at radius 1 is 1.07 bits per heavy atom. The molecule has 7 heteroatoms. The van der Waals surface area contributed by atoms with Crippen LogP contribution in [0.5, 0.6) is 0 Å². The van der Waals surface area contributed by atoms with E-state index in [4.69, 9.17) is 0 Å². The molecule has 0 aliphatic carbocycles. The largest absolute Gasteiger partial charge is 0.356 e. The maximum atomic E-state index is 12.3. The summed E-state index contributed by atoms with van der Waals surface area (Å²) in [6, 6.07) is 14.4. The first-order valence-corrected chi connectivity index (χ1v) is 9.78. The quantitative estimate of drug-likeness (QED) is 0.612. The molecule has 0 aliphatic heterocycles. The molecule has 3 amide bonds. The minimum Gasteiger partial charge on any atom is -0.356 e. The number of nitrogens with zero attached hydrogens (tertiary/aromatic N) is 1. The summed E-state index contributed by atoms with van der Waals surface area (Å²) in [5.74, 6) is -0.251. The van der Waals surface area contributed by atoms with Gasteiger partial charge in [-0.15, -0.1) is 0 Å². The molecule has 0 saturated carbocycles.